The van der Waals surface area contributed by atoms with Crippen molar-refractivity contribution in [1.82, 2.24) is 0 Å². The summed E-state index contributed by atoms with van der Waals surface area (Å²) in [4.78, 5) is 1.69. The van der Waals surface area contributed by atoms with E-state index < -0.39 is 11.6 Å². The molecule has 18 heavy (non-hydrogen) atoms. The Kier molecular flexibility index (Phi) is 3.48. The first-order chi connectivity index (χ1) is 8.52. The number of anilines is 1. The third kappa shape index (κ3) is 2.29. The maximum Gasteiger partial charge on any atom is 0.150 e. The number of piperidine rings is 1. The monoisotopic (exact) mass is 251 g/mol. The lowest BCUT2D eigenvalue weighted by molar-refractivity contribution is 0.418. The number of benzene rings is 1. The Morgan fingerprint density at radius 1 is 1.39 bits per heavy atom. The molecule has 0 spiro atoms. The Labute approximate surface area is 105 Å². The summed E-state index contributed by atoms with van der Waals surface area (Å²) in [6.07, 6.45) is 1.42. The van der Waals surface area contributed by atoms with Crippen molar-refractivity contribution < 1.29 is 8.78 Å². The molecule has 0 aromatic heterocycles. The standard InChI is InChI=1S/C13H15F2N3/c1-8-4-10(17)2-3-18(8)13-11(14)5-9(7-16)6-12(13)15/h5-6,8,10H,2-4,17H2,1H3. The number of nitriles is 1. The van der Waals surface area contributed by atoms with Gasteiger partial charge in [-0.1, -0.05) is 0 Å². The number of nitrogens with zero attached hydrogens (tertiary/aromatic N) is 2. The van der Waals surface area contributed by atoms with E-state index in [9.17, 15) is 8.78 Å². The molecule has 1 aliphatic rings. The molecule has 0 bridgehead atoms. The van der Waals surface area contributed by atoms with Crippen molar-refractivity contribution >= 4 is 5.69 Å². The largest absolute Gasteiger partial charge is 0.364 e. The molecule has 1 heterocycles. The van der Waals surface area contributed by atoms with Crippen LogP contribution in [0.1, 0.15) is 25.3 Å². The van der Waals surface area contributed by atoms with Crippen LogP contribution < -0.4 is 10.6 Å². The van der Waals surface area contributed by atoms with E-state index in [0.717, 1.165) is 12.1 Å². The molecule has 5 heteroatoms. The van der Waals surface area contributed by atoms with Gasteiger partial charge in [0.1, 0.15) is 5.69 Å². The van der Waals surface area contributed by atoms with E-state index in [0.29, 0.717) is 19.4 Å². The Balaban J connectivity index is 2.37. The van der Waals surface area contributed by atoms with Gasteiger partial charge in [0, 0.05) is 18.6 Å². The molecule has 2 unspecified atom stereocenters. The maximum atomic E-state index is 13.9. The van der Waals surface area contributed by atoms with Gasteiger partial charge in [0.05, 0.1) is 11.6 Å². The first-order valence-corrected chi connectivity index (χ1v) is 5.94. The van der Waals surface area contributed by atoms with Gasteiger partial charge in [-0.3, -0.25) is 0 Å². The van der Waals surface area contributed by atoms with Gasteiger partial charge in [-0.05, 0) is 31.9 Å². The van der Waals surface area contributed by atoms with Crippen LogP contribution in [0.15, 0.2) is 12.1 Å². The average molecular weight is 251 g/mol. The first-order valence-electron chi connectivity index (χ1n) is 5.94. The molecule has 1 fully saturated rings. The zero-order chi connectivity index (χ0) is 13.3. The zero-order valence-corrected chi connectivity index (χ0v) is 10.2. The third-order valence-corrected chi connectivity index (χ3v) is 3.35. The highest BCUT2D eigenvalue weighted by Gasteiger charge is 2.27. The number of hydrogen-bond donors (Lipinski definition) is 1. The van der Waals surface area contributed by atoms with Crippen molar-refractivity contribution in [2.75, 3.05) is 11.4 Å². The Morgan fingerprint density at radius 2 is 2.00 bits per heavy atom. The lowest BCUT2D eigenvalue weighted by Crippen LogP contribution is -2.46. The van der Waals surface area contributed by atoms with Gasteiger partial charge in [-0.2, -0.15) is 5.26 Å². The molecule has 0 amide bonds. The van der Waals surface area contributed by atoms with E-state index in [1.54, 1.807) is 11.0 Å². The fourth-order valence-electron chi connectivity index (χ4n) is 2.45. The van der Waals surface area contributed by atoms with Gasteiger partial charge in [0.2, 0.25) is 0 Å². The van der Waals surface area contributed by atoms with Crippen LogP contribution in [0.5, 0.6) is 0 Å². The van der Waals surface area contributed by atoms with Crippen LogP contribution in [0.25, 0.3) is 0 Å². The molecule has 2 atom stereocenters. The van der Waals surface area contributed by atoms with Crippen molar-refractivity contribution in [2.24, 2.45) is 5.73 Å². The number of halogens is 2. The van der Waals surface area contributed by atoms with Gasteiger partial charge in [-0.15, -0.1) is 0 Å². The summed E-state index contributed by atoms with van der Waals surface area (Å²) in [7, 11) is 0. The quantitative estimate of drug-likeness (QED) is 0.832. The first kappa shape index (κ1) is 12.8. The predicted octanol–water partition coefficient (Wildman–Crippen LogP) is 2.15. The summed E-state index contributed by atoms with van der Waals surface area (Å²) in [5.74, 6) is -1.37. The molecule has 96 valence electrons. The van der Waals surface area contributed by atoms with E-state index in [-0.39, 0.29) is 23.3 Å². The molecule has 1 saturated heterocycles. The van der Waals surface area contributed by atoms with Crippen LogP contribution in [-0.4, -0.2) is 18.6 Å². The van der Waals surface area contributed by atoms with E-state index in [4.69, 9.17) is 11.0 Å². The molecular formula is C13H15F2N3. The van der Waals surface area contributed by atoms with E-state index in [2.05, 4.69) is 0 Å². The minimum atomic E-state index is -0.686. The van der Waals surface area contributed by atoms with E-state index in [1.807, 2.05) is 6.92 Å². The summed E-state index contributed by atoms with van der Waals surface area (Å²) in [5, 5.41) is 8.66. The highest BCUT2D eigenvalue weighted by atomic mass is 19.1. The summed E-state index contributed by atoms with van der Waals surface area (Å²) in [5.41, 5.74) is 5.78. The van der Waals surface area contributed by atoms with Crippen LogP contribution in [-0.2, 0) is 0 Å². The summed E-state index contributed by atoms with van der Waals surface area (Å²) in [6.45, 7) is 2.43. The molecule has 0 aliphatic carbocycles. The lowest BCUT2D eigenvalue weighted by atomic mass is 9.98. The van der Waals surface area contributed by atoms with Gasteiger partial charge in [0.25, 0.3) is 0 Å². The summed E-state index contributed by atoms with van der Waals surface area (Å²) < 4.78 is 27.8. The molecule has 2 rings (SSSR count). The summed E-state index contributed by atoms with van der Waals surface area (Å²) in [6, 6.07) is 3.95. The maximum absolute atomic E-state index is 13.9. The fraction of sp³-hybridized carbons (Fsp3) is 0.462. The van der Waals surface area contributed by atoms with Crippen molar-refractivity contribution in [2.45, 2.75) is 31.8 Å². The van der Waals surface area contributed by atoms with E-state index in [1.165, 1.54) is 0 Å². The van der Waals surface area contributed by atoms with Gasteiger partial charge in [0.15, 0.2) is 11.6 Å². The molecule has 3 nitrogen and oxygen atoms in total. The predicted molar refractivity (Wildman–Crippen MR) is 65.1 cm³/mol. The normalized spacial score (nSPS) is 23.8. The van der Waals surface area contributed by atoms with Crippen molar-refractivity contribution in [3.05, 3.63) is 29.3 Å². The van der Waals surface area contributed by atoms with Crippen molar-refractivity contribution in [3.8, 4) is 6.07 Å². The van der Waals surface area contributed by atoms with E-state index >= 15 is 0 Å². The second-order valence-electron chi connectivity index (χ2n) is 4.73. The van der Waals surface area contributed by atoms with Crippen LogP contribution in [0.3, 0.4) is 0 Å². The Bertz CT molecular complexity index is 472. The highest BCUT2D eigenvalue weighted by Crippen LogP contribution is 2.30. The molecular weight excluding hydrogens is 236 g/mol. The third-order valence-electron chi connectivity index (χ3n) is 3.35. The van der Waals surface area contributed by atoms with Crippen LogP contribution in [0, 0.1) is 23.0 Å². The average Bonchev–Trinajstić information content (AvgIpc) is 2.30. The van der Waals surface area contributed by atoms with Gasteiger partial charge in [-0.25, -0.2) is 8.78 Å². The molecule has 0 saturated carbocycles. The molecule has 1 aromatic carbocycles. The second kappa shape index (κ2) is 4.91. The zero-order valence-electron chi connectivity index (χ0n) is 10.2. The Hall–Kier alpha value is -1.67. The minimum Gasteiger partial charge on any atom is -0.364 e. The molecule has 0 radical (unpaired) electrons. The Morgan fingerprint density at radius 3 is 2.50 bits per heavy atom. The van der Waals surface area contributed by atoms with Crippen LogP contribution in [0.4, 0.5) is 14.5 Å². The molecule has 1 aromatic rings. The SMILES string of the molecule is CC1CC(N)CCN1c1c(F)cc(C#N)cc1F. The van der Waals surface area contributed by atoms with Crippen LogP contribution >= 0.6 is 0 Å². The molecule has 1 aliphatic heterocycles. The molecule has 2 N–H and O–H groups in total. The minimum absolute atomic E-state index is 0.00452. The summed E-state index contributed by atoms with van der Waals surface area (Å²) >= 11 is 0. The van der Waals surface area contributed by atoms with Gasteiger partial charge < -0.3 is 10.6 Å². The smallest absolute Gasteiger partial charge is 0.150 e. The topological polar surface area (TPSA) is 53.0 Å². The fourth-order valence-corrected chi connectivity index (χ4v) is 2.45. The highest BCUT2D eigenvalue weighted by molar-refractivity contribution is 5.53. The van der Waals surface area contributed by atoms with Gasteiger partial charge >= 0.3 is 0 Å². The number of hydrogen-bond acceptors (Lipinski definition) is 3. The van der Waals surface area contributed by atoms with Crippen molar-refractivity contribution in [1.29, 1.82) is 5.26 Å². The van der Waals surface area contributed by atoms with Crippen molar-refractivity contribution in [3.63, 3.8) is 0 Å². The number of rotatable bonds is 1. The second-order valence-corrected chi connectivity index (χ2v) is 4.73. The van der Waals surface area contributed by atoms with Crippen LogP contribution in [0.2, 0.25) is 0 Å². The number of nitrogens with two attached hydrogens (primary N) is 1. The lowest BCUT2D eigenvalue weighted by Gasteiger charge is -2.38.